The van der Waals surface area contributed by atoms with Crippen molar-refractivity contribution < 1.29 is 0 Å². The highest BCUT2D eigenvalue weighted by Crippen LogP contribution is 2.53. The molecule has 0 bridgehead atoms. The normalized spacial score (nSPS) is 11.9. The maximum absolute atomic E-state index is 10.2. The summed E-state index contributed by atoms with van der Waals surface area (Å²) in [5.74, 6) is 0. The summed E-state index contributed by atoms with van der Waals surface area (Å²) in [6.45, 7) is 0. The van der Waals surface area contributed by atoms with E-state index in [1.165, 1.54) is 21.5 Å². The monoisotopic (exact) mass is 582 g/mol. The van der Waals surface area contributed by atoms with Crippen molar-refractivity contribution in [2.45, 2.75) is 0 Å². The lowest BCUT2D eigenvalue weighted by Crippen LogP contribution is -2.01. The summed E-state index contributed by atoms with van der Waals surface area (Å²) in [6.07, 6.45) is 0. The van der Waals surface area contributed by atoms with E-state index in [4.69, 9.17) is 0 Å². The summed E-state index contributed by atoms with van der Waals surface area (Å²) in [5.41, 5.74) is 11.4. The first-order valence-electron chi connectivity index (χ1n) is 15.3. The van der Waals surface area contributed by atoms with E-state index in [1.54, 1.807) is 12.1 Å². The van der Waals surface area contributed by atoms with Gasteiger partial charge in [0.2, 0.25) is 0 Å². The first kappa shape index (κ1) is 24.8. The molecule has 1 aliphatic rings. The SMILES string of the molecule is N#Cc1ccc(C#N)c2c1-c1ccc(-n3c4ccccc4c4ccccc43)c3c(-n4c5ccccc5c5ccccc54)ccc-2c13. The van der Waals surface area contributed by atoms with Gasteiger partial charge in [-0.05, 0) is 59.7 Å². The Kier molecular flexibility index (Phi) is 4.83. The van der Waals surface area contributed by atoms with Crippen LogP contribution in [0.2, 0.25) is 0 Å². The standard InChI is InChI=1S/C42H22N4/c43-23-25-17-18-26(24-44)40-32-20-22-38(46-35-15-7-3-11-29(35)30-12-4-8-16-36(30)46)42-37(21-19-31(39(25)40)41(32)42)45-33-13-5-1-9-27(33)28-10-2-6-14-34(28)45/h1-22H. The number of rotatable bonds is 2. The summed E-state index contributed by atoms with van der Waals surface area (Å²) < 4.78 is 4.76. The second-order valence-corrected chi connectivity index (χ2v) is 11.9. The van der Waals surface area contributed by atoms with Crippen molar-refractivity contribution in [3.63, 3.8) is 0 Å². The summed E-state index contributed by atoms with van der Waals surface area (Å²) in [6, 6.07) is 51.4. The summed E-state index contributed by atoms with van der Waals surface area (Å²) in [7, 11) is 0. The third-order valence-electron chi connectivity index (χ3n) is 9.74. The van der Waals surface area contributed by atoms with Crippen molar-refractivity contribution in [1.82, 2.24) is 9.13 Å². The summed E-state index contributed by atoms with van der Waals surface area (Å²) >= 11 is 0. The molecule has 0 saturated heterocycles. The Morgan fingerprint density at radius 1 is 0.370 bits per heavy atom. The van der Waals surface area contributed by atoms with Gasteiger partial charge in [0.05, 0.1) is 56.7 Å². The van der Waals surface area contributed by atoms with E-state index in [1.807, 2.05) is 0 Å². The van der Waals surface area contributed by atoms with Gasteiger partial charge in [-0.25, -0.2) is 0 Å². The predicted octanol–water partition coefficient (Wildman–Crippen LogP) is 10.4. The highest BCUT2D eigenvalue weighted by Gasteiger charge is 2.30. The Labute approximate surface area is 263 Å². The van der Waals surface area contributed by atoms with Crippen LogP contribution in [0.3, 0.4) is 0 Å². The lowest BCUT2D eigenvalue weighted by molar-refractivity contribution is 1.17. The molecule has 1 aliphatic carbocycles. The summed E-state index contributed by atoms with van der Waals surface area (Å²) in [5, 5.41) is 27.4. The smallest absolute Gasteiger partial charge is 0.0998 e. The lowest BCUT2D eigenvalue weighted by atomic mass is 9.95. The fourth-order valence-corrected chi connectivity index (χ4v) is 7.96. The Morgan fingerprint density at radius 3 is 1.07 bits per heavy atom. The van der Waals surface area contributed by atoms with Gasteiger partial charge in [0, 0.05) is 43.4 Å². The Morgan fingerprint density at radius 2 is 0.717 bits per heavy atom. The molecule has 0 aliphatic heterocycles. The molecule has 0 atom stereocenters. The van der Waals surface area contributed by atoms with E-state index >= 15 is 0 Å². The van der Waals surface area contributed by atoms with Gasteiger partial charge < -0.3 is 9.13 Å². The molecule has 46 heavy (non-hydrogen) atoms. The molecule has 9 aromatic rings. The van der Waals surface area contributed by atoms with Crippen LogP contribution < -0.4 is 0 Å². The third kappa shape index (κ3) is 3.00. The lowest BCUT2D eigenvalue weighted by Gasteiger charge is -2.18. The van der Waals surface area contributed by atoms with Crippen LogP contribution in [0.4, 0.5) is 0 Å². The zero-order chi connectivity index (χ0) is 30.5. The molecule has 10 rings (SSSR count). The zero-order valence-corrected chi connectivity index (χ0v) is 24.5. The minimum absolute atomic E-state index is 0.578. The molecule has 4 nitrogen and oxygen atoms in total. The van der Waals surface area contributed by atoms with Crippen molar-refractivity contribution >= 4 is 54.4 Å². The highest BCUT2D eigenvalue weighted by atomic mass is 15.0. The third-order valence-corrected chi connectivity index (χ3v) is 9.74. The highest BCUT2D eigenvalue weighted by molar-refractivity contribution is 6.23. The van der Waals surface area contributed by atoms with Gasteiger partial charge in [-0.1, -0.05) is 84.9 Å². The molecule has 0 radical (unpaired) electrons. The minimum Gasteiger partial charge on any atom is -0.309 e. The average molecular weight is 583 g/mol. The van der Waals surface area contributed by atoms with E-state index in [-0.39, 0.29) is 0 Å². The molecule has 2 heterocycles. The first-order valence-corrected chi connectivity index (χ1v) is 15.3. The number of hydrogen-bond donors (Lipinski definition) is 0. The molecule has 0 unspecified atom stereocenters. The van der Waals surface area contributed by atoms with Crippen LogP contribution in [0.15, 0.2) is 133 Å². The van der Waals surface area contributed by atoms with Crippen LogP contribution in [0.5, 0.6) is 0 Å². The van der Waals surface area contributed by atoms with Crippen molar-refractivity contribution in [1.29, 1.82) is 10.5 Å². The molecule has 4 heteroatoms. The van der Waals surface area contributed by atoms with E-state index in [0.29, 0.717) is 11.1 Å². The van der Waals surface area contributed by atoms with Crippen LogP contribution in [0.1, 0.15) is 11.1 Å². The quantitative estimate of drug-likeness (QED) is 0.204. The number of nitrogens with zero attached hydrogens (tertiary/aromatic N) is 4. The molecule has 0 N–H and O–H groups in total. The van der Waals surface area contributed by atoms with Gasteiger partial charge in [0.15, 0.2) is 0 Å². The van der Waals surface area contributed by atoms with Gasteiger partial charge in [-0.2, -0.15) is 10.5 Å². The zero-order valence-electron chi connectivity index (χ0n) is 24.5. The number of benzene rings is 7. The van der Waals surface area contributed by atoms with E-state index in [2.05, 4.69) is 143 Å². The molecular formula is C42H22N4. The van der Waals surface area contributed by atoms with Gasteiger partial charge in [-0.3, -0.25) is 0 Å². The molecule has 0 amide bonds. The van der Waals surface area contributed by atoms with Crippen molar-refractivity contribution in [2.75, 3.05) is 0 Å². The number of para-hydroxylation sites is 4. The topological polar surface area (TPSA) is 57.4 Å². The Hall–Kier alpha value is -6.62. The van der Waals surface area contributed by atoms with E-state index in [0.717, 1.165) is 66.5 Å². The maximum Gasteiger partial charge on any atom is 0.0998 e. The average Bonchev–Trinajstić information content (AvgIpc) is 3.75. The molecule has 7 aromatic carbocycles. The fraction of sp³-hybridized carbons (Fsp3) is 0. The van der Waals surface area contributed by atoms with Crippen LogP contribution in [-0.2, 0) is 0 Å². The second kappa shape index (κ2) is 8.96. The predicted molar refractivity (Wildman–Crippen MR) is 186 cm³/mol. The number of nitriles is 2. The van der Waals surface area contributed by atoms with Crippen LogP contribution in [0.25, 0.3) is 88.0 Å². The molecule has 0 saturated carbocycles. The van der Waals surface area contributed by atoms with Crippen molar-refractivity contribution in [2.24, 2.45) is 0 Å². The molecule has 0 fully saturated rings. The first-order chi connectivity index (χ1) is 22.8. The fourth-order valence-electron chi connectivity index (χ4n) is 7.96. The van der Waals surface area contributed by atoms with Gasteiger partial charge >= 0.3 is 0 Å². The summed E-state index contributed by atoms with van der Waals surface area (Å²) in [4.78, 5) is 0. The van der Waals surface area contributed by atoms with Gasteiger partial charge in [0.25, 0.3) is 0 Å². The number of aromatic nitrogens is 2. The Bertz CT molecular complexity index is 2590. The van der Waals surface area contributed by atoms with Crippen molar-refractivity contribution in [3.05, 3.63) is 145 Å². The van der Waals surface area contributed by atoms with E-state index in [9.17, 15) is 10.5 Å². The minimum atomic E-state index is 0.578. The molecule has 210 valence electrons. The van der Waals surface area contributed by atoms with Crippen LogP contribution in [0, 0.1) is 22.7 Å². The van der Waals surface area contributed by atoms with Crippen LogP contribution in [-0.4, -0.2) is 9.13 Å². The Balaban J connectivity index is 1.46. The maximum atomic E-state index is 10.2. The molecular weight excluding hydrogens is 560 g/mol. The number of fused-ring (bicyclic) bond motifs is 9. The second-order valence-electron chi connectivity index (χ2n) is 11.9. The van der Waals surface area contributed by atoms with Gasteiger partial charge in [-0.15, -0.1) is 0 Å². The molecule has 0 spiro atoms. The van der Waals surface area contributed by atoms with Crippen LogP contribution >= 0.6 is 0 Å². The van der Waals surface area contributed by atoms with E-state index < -0.39 is 0 Å². The van der Waals surface area contributed by atoms with Gasteiger partial charge in [0.1, 0.15) is 0 Å². The largest absolute Gasteiger partial charge is 0.309 e. The van der Waals surface area contributed by atoms with Crippen molar-refractivity contribution in [3.8, 4) is 45.8 Å². The molecule has 2 aromatic heterocycles. The number of hydrogen-bond acceptors (Lipinski definition) is 2.